The average Bonchev–Trinajstić information content (AvgIpc) is 3.83. The summed E-state index contributed by atoms with van der Waals surface area (Å²) in [6.45, 7) is 0. The van der Waals surface area contributed by atoms with E-state index in [1.165, 1.54) is 71.9 Å². The van der Waals surface area contributed by atoms with Gasteiger partial charge in [0.05, 0.1) is 22.4 Å². The standard InChI is InChI=1S/C53H35N3/c1-3-15-35(16-4-1)37-19-12-23-41(32-37)51-48-34-47-43(27-14-28-46(47)52(48)55-53(54-51)36-17-5-2-6-18-36)40-22-11-20-38(31-40)39-21-13-24-42(33-39)56-49-29-9-7-25-44(49)45-26-8-10-30-50(45)56/h1-33H,34H2. The molecule has 0 unspecified atom stereocenters. The maximum absolute atomic E-state index is 5.31. The van der Waals surface area contributed by atoms with Crippen LogP contribution in [0, 0.1) is 0 Å². The molecule has 56 heavy (non-hydrogen) atoms. The summed E-state index contributed by atoms with van der Waals surface area (Å²) in [5.74, 6) is 0.743. The molecule has 0 aliphatic heterocycles. The van der Waals surface area contributed by atoms with Crippen molar-refractivity contribution in [1.82, 2.24) is 14.5 Å². The SMILES string of the molecule is c1ccc(-c2cccc(-c3nc(-c4ccccc4)nc4c3Cc3c(-c5cccc(-c6cccc(-n7c8ccccc8c8ccccc87)c6)c5)cccc3-4)c2)cc1. The molecule has 0 saturated heterocycles. The Hall–Kier alpha value is -7.36. The van der Waals surface area contributed by atoms with Crippen LogP contribution in [-0.2, 0) is 6.42 Å². The Kier molecular flexibility index (Phi) is 7.56. The van der Waals surface area contributed by atoms with Crippen molar-refractivity contribution in [2.45, 2.75) is 6.42 Å². The molecule has 0 atom stereocenters. The summed E-state index contributed by atoms with van der Waals surface area (Å²) in [7, 11) is 0. The molecule has 0 bridgehead atoms. The number of rotatable bonds is 6. The molecule has 3 heteroatoms. The highest BCUT2D eigenvalue weighted by Crippen LogP contribution is 2.45. The van der Waals surface area contributed by atoms with Gasteiger partial charge in [-0.1, -0.05) is 164 Å². The predicted molar refractivity (Wildman–Crippen MR) is 232 cm³/mol. The van der Waals surface area contributed by atoms with Gasteiger partial charge in [0, 0.05) is 45.1 Å². The van der Waals surface area contributed by atoms with Gasteiger partial charge in [-0.05, 0) is 75.3 Å². The molecule has 11 rings (SSSR count). The summed E-state index contributed by atoms with van der Waals surface area (Å²) < 4.78 is 2.39. The van der Waals surface area contributed by atoms with E-state index in [9.17, 15) is 0 Å². The molecular weight excluding hydrogens is 679 g/mol. The maximum atomic E-state index is 5.31. The third kappa shape index (κ3) is 5.36. The fraction of sp³-hybridized carbons (Fsp3) is 0.0189. The lowest BCUT2D eigenvalue weighted by atomic mass is 9.93. The number of benzene rings is 8. The first-order valence-corrected chi connectivity index (χ1v) is 19.2. The normalized spacial score (nSPS) is 11.9. The zero-order valence-electron chi connectivity index (χ0n) is 30.6. The van der Waals surface area contributed by atoms with Crippen LogP contribution >= 0.6 is 0 Å². The highest BCUT2D eigenvalue weighted by Gasteiger charge is 2.28. The predicted octanol–water partition coefficient (Wildman–Crippen LogP) is 13.5. The summed E-state index contributed by atoms with van der Waals surface area (Å²) in [5.41, 5.74) is 18.5. The average molecular weight is 714 g/mol. The van der Waals surface area contributed by atoms with E-state index < -0.39 is 0 Å². The lowest BCUT2D eigenvalue weighted by molar-refractivity contribution is 1.13. The molecule has 10 aromatic rings. The van der Waals surface area contributed by atoms with Crippen LogP contribution in [0.15, 0.2) is 200 Å². The van der Waals surface area contributed by atoms with Gasteiger partial charge < -0.3 is 4.57 Å². The van der Waals surface area contributed by atoms with Crippen molar-refractivity contribution in [3.8, 4) is 73.0 Å². The number of aromatic nitrogens is 3. The minimum absolute atomic E-state index is 0.743. The summed E-state index contributed by atoms with van der Waals surface area (Å²) in [6, 6.07) is 71.7. The highest BCUT2D eigenvalue weighted by atomic mass is 15.0. The molecule has 2 aromatic heterocycles. The third-order valence-corrected chi connectivity index (χ3v) is 11.3. The molecule has 262 valence electrons. The Labute approximate surface area is 325 Å². The van der Waals surface area contributed by atoms with Crippen molar-refractivity contribution in [2.75, 3.05) is 0 Å². The molecule has 1 aliphatic carbocycles. The van der Waals surface area contributed by atoms with Crippen molar-refractivity contribution in [3.05, 3.63) is 211 Å². The molecule has 0 saturated carbocycles. The van der Waals surface area contributed by atoms with E-state index in [4.69, 9.17) is 9.97 Å². The van der Waals surface area contributed by atoms with Crippen molar-refractivity contribution in [1.29, 1.82) is 0 Å². The van der Waals surface area contributed by atoms with Crippen LogP contribution < -0.4 is 0 Å². The molecule has 3 nitrogen and oxygen atoms in total. The molecule has 0 spiro atoms. The van der Waals surface area contributed by atoms with Crippen molar-refractivity contribution in [3.63, 3.8) is 0 Å². The molecule has 0 N–H and O–H groups in total. The molecule has 0 fully saturated rings. The first kappa shape index (κ1) is 32.1. The van der Waals surface area contributed by atoms with Gasteiger partial charge in [0.25, 0.3) is 0 Å². The second-order valence-corrected chi connectivity index (χ2v) is 14.5. The van der Waals surface area contributed by atoms with E-state index in [0.29, 0.717) is 0 Å². The third-order valence-electron chi connectivity index (χ3n) is 11.3. The topological polar surface area (TPSA) is 30.7 Å². The van der Waals surface area contributed by atoms with Crippen molar-refractivity contribution in [2.24, 2.45) is 0 Å². The summed E-state index contributed by atoms with van der Waals surface area (Å²) >= 11 is 0. The highest BCUT2D eigenvalue weighted by molar-refractivity contribution is 6.09. The second kappa shape index (κ2) is 13.2. The molecule has 1 aliphatic rings. The Bertz CT molecular complexity index is 3050. The largest absolute Gasteiger partial charge is 0.309 e. The monoisotopic (exact) mass is 713 g/mol. The van der Waals surface area contributed by atoms with E-state index in [0.717, 1.165) is 40.4 Å². The second-order valence-electron chi connectivity index (χ2n) is 14.5. The Morgan fingerprint density at radius 3 is 1.57 bits per heavy atom. The minimum Gasteiger partial charge on any atom is -0.309 e. The molecule has 8 aromatic carbocycles. The lowest BCUT2D eigenvalue weighted by Gasteiger charge is -2.13. The lowest BCUT2D eigenvalue weighted by Crippen LogP contribution is -1.99. The van der Waals surface area contributed by atoms with E-state index in [-0.39, 0.29) is 0 Å². The van der Waals surface area contributed by atoms with Gasteiger partial charge in [-0.25, -0.2) is 9.97 Å². The summed E-state index contributed by atoms with van der Waals surface area (Å²) in [5, 5.41) is 2.53. The first-order valence-electron chi connectivity index (χ1n) is 19.2. The zero-order chi connectivity index (χ0) is 37.0. The van der Waals surface area contributed by atoms with Crippen LogP contribution in [0.1, 0.15) is 11.1 Å². The van der Waals surface area contributed by atoms with E-state index in [1.807, 2.05) is 6.07 Å². The van der Waals surface area contributed by atoms with Gasteiger partial charge in [0.2, 0.25) is 0 Å². The zero-order valence-corrected chi connectivity index (χ0v) is 30.6. The van der Waals surface area contributed by atoms with Crippen LogP contribution in [-0.4, -0.2) is 14.5 Å². The van der Waals surface area contributed by atoms with Crippen LogP contribution in [0.2, 0.25) is 0 Å². The van der Waals surface area contributed by atoms with E-state index in [1.54, 1.807) is 0 Å². The first-order chi connectivity index (χ1) is 27.8. The Morgan fingerprint density at radius 2 is 0.839 bits per heavy atom. The van der Waals surface area contributed by atoms with Gasteiger partial charge >= 0.3 is 0 Å². The summed E-state index contributed by atoms with van der Waals surface area (Å²) in [6.07, 6.45) is 0.758. The summed E-state index contributed by atoms with van der Waals surface area (Å²) in [4.78, 5) is 10.6. The number of para-hydroxylation sites is 2. The Morgan fingerprint density at radius 1 is 0.339 bits per heavy atom. The van der Waals surface area contributed by atoms with E-state index in [2.05, 4.69) is 199 Å². The fourth-order valence-electron chi connectivity index (χ4n) is 8.64. The van der Waals surface area contributed by atoms with Crippen LogP contribution in [0.3, 0.4) is 0 Å². The quantitative estimate of drug-likeness (QED) is 0.172. The number of fused-ring (bicyclic) bond motifs is 6. The Balaban J connectivity index is 1.02. The van der Waals surface area contributed by atoms with E-state index >= 15 is 0 Å². The van der Waals surface area contributed by atoms with Crippen molar-refractivity contribution >= 4 is 21.8 Å². The van der Waals surface area contributed by atoms with Crippen LogP contribution in [0.4, 0.5) is 0 Å². The van der Waals surface area contributed by atoms with Crippen LogP contribution in [0.5, 0.6) is 0 Å². The number of nitrogens with zero attached hydrogens (tertiary/aromatic N) is 3. The van der Waals surface area contributed by atoms with Gasteiger partial charge in [0.1, 0.15) is 0 Å². The van der Waals surface area contributed by atoms with Gasteiger partial charge in [-0.15, -0.1) is 0 Å². The smallest absolute Gasteiger partial charge is 0.160 e. The molecular formula is C53H35N3. The maximum Gasteiger partial charge on any atom is 0.160 e. The molecule has 0 radical (unpaired) electrons. The number of hydrogen-bond donors (Lipinski definition) is 0. The number of hydrogen-bond acceptors (Lipinski definition) is 2. The fourth-order valence-corrected chi connectivity index (χ4v) is 8.64. The molecule has 0 amide bonds. The van der Waals surface area contributed by atoms with Crippen LogP contribution in [0.25, 0.3) is 94.8 Å². The van der Waals surface area contributed by atoms with Gasteiger partial charge in [0.15, 0.2) is 5.82 Å². The van der Waals surface area contributed by atoms with Crippen molar-refractivity contribution < 1.29 is 0 Å². The van der Waals surface area contributed by atoms with Gasteiger partial charge in [-0.2, -0.15) is 0 Å². The minimum atomic E-state index is 0.743. The van der Waals surface area contributed by atoms with Gasteiger partial charge in [-0.3, -0.25) is 0 Å². The molecule has 2 heterocycles.